The first-order chi connectivity index (χ1) is 4.30. The third-order valence-corrected chi connectivity index (χ3v) is 1.43. The van der Waals surface area contributed by atoms with Crippen molar-refractivity contribution in [3.05, 3.63) is 30.1 Å². The molecule has 0 N–H and O–H groups in total. The Kier molecular flexibility index (Phi) is 2.00. The quantitative estimate of drug-likeness (QED) is 0.528. The molecule has 0 saturated carbocycles. The van der Waals surface area contributed by atoms with Crippen LogP contribution in [0.25, 0.3) is 0 Å². The summed E-state index contributed by atoms with van der Waals surface area (Å²) in [6, 6.07) is 5.90. The van der Waals surface area contributed by atoms with Gasteiger partial charge in [-0.05, 0) is 17.7 Å². The van der Waals surface area contributed by atoms with Crippen molar-refractivity contribution < 1.29 is 0 Å². The van der Waals surface area contributed by atoms with Crippen molar-refractivity contribution in [3.63, 3.8) is 0 Å². The molecule has 2 heteroatoms. The highest BCUT2D eigenvalue weighted by molar-refractivity contribution is 6.11. The van der Waals surface area contributed by atoms with E-state index in [4.69, 9.17) is 0 Å². The maximum atomic E-state index is 4.13. The van der Waals surface area contributed by atoms with Crippen molar-refractivity contribution >= 4 is 10.2 Å². The van der Waals surface area contributed by atoms with Gasteiger partial charge < -0.3 is 0 Å². The van der Waals surface area contributed by atoms with E-state index in [0.29, 0.717) is 5.54 Å². The molecule has 1 rings (SSSR count). The van der Waals surface area contributed by atoms with Crippen molar-refractivity contribution in [2.24, 2.45) is 0 Å². The predicted octanol–water partition coefficient (Wildman–Crippen LogP) is 1.31. The Morgan fingerprint density at radius 3 is 2.67 bits per heavy atom. The van der Waals surface area contributed by atoms with Crippen LogP contribution in [-0.2, 0) is 0 Å². The second-order valence-corrected chi connectivity index (χ2v) is 2.84. The van der Waals surface area contributed by atoms with E-state index in [1.165, 1.54) is 0 Å². The Morgan fingerprint density at radius 2 is 2.33 bits per heavy atom. The fraction of sp³-hybridized carbons (Fsp3) is 0.286. The summed E-state index contributed by atoms with van der Waals surface area (Å²) in [5.74, 6) is 0. The fourth-order valence-electron chi connectivity index (χ4n) is 0.632. The summed E-state index contributed by atoms with van der Waals surface area (Å²) in [5.41, 5.74) is 1.43. The van der Waals surface area contributed by atoms with Crippen molar-refractivity contribution in [2.45, 2.75) is 12.5 Å². The van der Waals surface area contributed by atoms with Gasteiger partial charge in [-0.3, -0.25) is 4.98 Å². The van der Waals surface area contributed by atoms with Crippen molar-refractivity contribution in [3.8, 4) is 0 Å². The van der Waals surface area contributed by atoms with Gasteiger partial charge in [0.15, 0.2) is 0 Å². The highest BCUT2D eigenvalue weighted by Crippen LogP contribution is 2.04. The summed E-state index contributed by atoms with van der Waals surface area (Å²) in [6.45, 7) is 2.05. The van der Waals surface area contributed by atoms with Gasteiger partial charge in [0.25, 0.3) is 0 Å². The molecule has 1 heterocycles. The van der Waals surface area contributed by atoms with E-state index >= 15 is 0 Å². The third kappa shape index (κ3) is 1.64. The zero-order chi connectivity index (χ0) is 6.69. The van der Waals surface area contributed by atoms with Gasteiger partial charge in [-0.1, -0.05) is 13.0 Å². The maximum Gasteiger partial charge on any atom is 0.0397 e. The number of rotatable bonds is 1. The molecular weight excluding hydrogens is 126 g/mol. The van der Waals surface area contributed by atoms with Crippen LogP contribution in [0.3, 0.4) is 0 Å². The molecule has 1 aromatic rings. The molecule has 45 valence electrons. The van der Waals surface area contributed by atoms with Crippen LogP contribution >= 0.6 is 0 Å². The smallest absolute Gasteiger partial charge is 0.0397 e. The normalized spacial score (nSPS) is 13.1. The van der Waals surface area contributed by atoms with E-state index < -0.39 is 0 Å². The van der Waals surface area contributed by atoms with E-state index in [9.17, 15) is 0 Å². The van der Waals surface area contributed by atoms with Crippen molar-refractivity contribution in [1.82, 2.24) is 4.98 Å². The monoisotopic (exact) mass is 134 g/mol. The molecule has 1 nitrogen and oxygen atoms in total. The fourth-order valence-corrected chi connectivity index (χ4v) is 0.803. The number of pyridine rings is 1. The minimum Gasteiger partial charge on any atom is -0.261 e. The first-order valence-electron chi connectivity index (χ1n) is 2.93. The molecular formula is C7H8NSi. The molecule has 0 spiro atoms. The van der Waals surface area contributed by atoms with Crippen LogP contribution in [0, 0.1) is 0 Å². The van der Waals surface area contributed by atoms with Gasteiger partial charge in [0, 0.05) is 22.1 Å². The molecule has 0 aliphatic carbocycles. The van der Waals surface area contributed by atoms with E-state index in [0.717, 1.165) is 5.69 Å². The molecule has 0 amide bonds. The summed E-state index contributed by atoms with van der Waals surface area (Å²) in [7, 11) is 3.47. The van der Waals surface area contributed by atoms with E-state index in [-0.39, 0.29) is 0 Å². The Balaban J connectivity index is 2.85. The van der Waals surface area contributed by atoms with Crippen LogP contribution in [0.2, 0.25) is 0 Å². The van der Waals surface area contributed by atoms with Crippen molar-refractivity contribution in [2.75, 3.05) is 0 Å². The molecule has 0 aromatic carbocycles. The molecule has 1 aromatic heterocycles. The van der Waals surface area contributed by atoms with E-state index in [1.54, 1.807) is 6.20 Å². The highest BCUT2D eigenvalue weighted by atomic mass is 28.1. The minimum atomic E-state index is 0.353. The SMILES string of the molecule is CC([Si])c1ccccn1. The largest absolute Gasteiger partial charge is 0.261 e. The minimum absolute atomic E-state index is 0.353. The molecule has 0 aliphatic heterocycles. The second-order valence-electron chi connectivity index (χ2n) is 1.98. The summed E-state index contributed by atoms with van der Waals surface area (Å²) in [6.07, 6.45) is 1.80. The van der Waals surface area contributed by atoms with Gasteiger partial charge in [-0.15, -0.1) is 0 Å². The number of hydrogen-bond acceptors (Lipinski definition) is 1. The van der Waals surface area contributed by atoms with Gasteiger partial charge in [0.1, 0.15) is 0 Å². The van der Waals surface area contributed by atoms with Crippen LogP contribution < -0.4 is 0 Å². The van der Waals surface area contributed by atoms with Crippen LogP contribution in [0.5, 0.6) is 0 Å². The van der Waals surface area contributed by atoms with Gasteiger partial charge >= 0.3 is 0 Å². The van der Waals surface area contributed by atoms with Crippen LogP contribution in [0.15, 0.2) is 24.4 Å². The topological polar surface area (TPSA) is 12.9 Å². The number of nitrogens with zero attached hydrogens (tertiary/aromatic N) is 1. The Morgan fingerprint density at radius 1 is 1.56 bits per heavy atom. The summed E-state index contributed by atoms with van der Waals surface area (Å²) in [5, 5.41) is 0. The standard InChI is InChI=1S/C7H8NSi/c1-6(9)7-4-2-3-5-8-7/h2-6H,1H3. The lowest BCUT2D eigenvalue weighted by molar-refractivity contribution is 0.994. The van der Waals surface area contributed by atoms with Crippen molar-refractivity contribution in [1.29, 1.82) is 0 Å². The lowest BCUT2D eigenvalue weighted by atomic mass is 10.3. The maximum absolute atomic E-state index is 4.13. The summed E-state index contributed by atoms with van der Waals surface area (Å²) in [4.78, 5) is 4.13. The lowest BCUT2D eigenvalue weighted by Gasteiger charge is -1.99. The van der Waals surface area contributed by atoms with Gasteiger partial charge in [0.05, 0.1) is 0 Å². The first kappa shape index (κ1) is 6.49. The Labute approximate surface area is 58.6 Å². The molecule has 0 bridgehead atoms. The number of aromatic nitrogens is 1. The zero-order valence-corrected chi connectivity index (χ0v) is 6.33. The third-order valence-electron chi connectivity index (χ3n) is 1.13. The lowest BCUT2D eigenvalue weighted by Crippen LogP contribution is -1.93. The molecule has 9 heavy (non-hydrogen) atoms. The molecule has 0 saturated heterocycles. The van der Waals surface area contributed by atoms with Crippen LogP contribution in [0.1, 0.15) is 18.2 Å². The second kappa shape index (κ2) is 2.78. The van der Waals surface area contributed by atoms with Crippen LogP contribution in [-0.4, -0.2) is 15.2 Å². The first-order valence-corrected chi connectivity index (χ1v) is 3.50. The van der Waals surface area contributed by atoms with Gasteiger partial charge in [-0.2, -0.15) is 0 Å². The summed E-state index contributed by atoms with van der Waals surface area (Å²) >= 11 is 0. The Bertz CT molecular complexity index is 172. The molecule has 1 atom stereocenters. The predicted molar refractivity (Wildman–Crippen MR) is 38.4 cm³/mol. The number of hydrogen-bond donors (Lipinski definition) is 0. The Hall–Kier alpha value is -0.633. The average Bonchev–Trinajstić information content (AvgIpc) is 1.90. The van der Waals surface area contributed by atoms with Gasteiger partial charge in [0.2, 0.25) is 0 Å². The van der Waals surface area contributed by atoms with E-state index in [1.807, 2.05) is 18.2 Å². The van der Waals surface area contributed by atoms with Crippen LogP contribution in [0.4, 0.5) is 0 Å². The van der Waals surface area contributed by atoms with Gasteiger partial charge in [-0.25, -0.2) is 0 Å². The molecule has 1 unspecified atom stereocenters. The molecule has 0 fully saturated rings. The molecule has 0 aliphatic rings. The highest BCUT2D eigenvalue weighted by Gasteiger charge is 1.95. The summed E-state index contributed by atoms with van der Waals surface area (Å²) < 4.78 is 0. The average molecular weight is 134 g/mol. The van der Waals surface area contributed by atoms with E-state index in [2.05, 4.69) is 22.2 Å². The molecule has 3 radical (unpaired) electrons. The zero-order valence-electron chi connectivity index (χ0n) is 5.33.